The van der Waals surface area contributed by atoms with Crippen molar-refractivity contribution in [2.24, 2.45) is 0 Å². The Balaban J connectivity index is 1.12. The quantitative estimate of drug-likeness (QED) is 0.139. The average molecular weight is 815 g/mol. The summed E-state index contributed by atoms with van der Waals surface area (Å²) in [5.74, 6) is 0. The van der Waals surface area contributed by atoms with Crippen LogP contribution in [0.3, 0.4) is 0 Å². The Morgan fingerprint density at radius 3 is 1.58 bits per heavy atom. The highest BCUT2D eigenvalue weighted by Crippen LogP contribution is 2.49. The zero-order valence-corrected chi connectivity index (χ0v) is 35.1. The molecular weight excluding hydrogens is 773 g/mol. The molecule has 0 bridgehead atoms. The van der Waals surface area contributed by atoms with Crippen molar-refractivity contribution in [3.8, 4) is 50.2 Å². The molecule has 0 aliphatic carbocycles. The zero-order chi connectivity index (χ0) is 42.4. The molecule has 1 heterocycles. The number of hydrogen-bond acceptors (Lipinski definition) is 1. The van der Waals surface area contributed by atoms with Crippen LogP contribution in [0.15, 0.2) is 255 Å². The third-order valence-electron chi connectivity index (χ3n) is 12.8. The summed E-state index contributed by atoms with van der Waals surface area (Å²) < 4.78 is 2.43. The molecule has 12 aromatic rings. The molecule has 0 amide bonds. The van der Waals surface area contributed by atoms with Crippen molar-refractivity contribution in [1.29, 1.82) is 0 Å². The summed E-state index contributed by atoms with van der Waals surface area (Å²) in [6.07, 6.45) is 0. The molecule has 12 rings (SSSR count). The van der Waals surface area contributed by atoms with E-state index in [-0.39, 0.29) is 0 Å². The molecule has 0 saturated carbocycles. The number of anilines is 3. The van der Waals surface area contributed by atoms with E-state index in [1.807, 2.05) is 0 Å². The number of para-hydroxylation sites is 4. The van der Waals surface area contributed by atoms with Crippen LogP contribution >= 0.6 is 0 Å². The van der Waals surface area contributed by atoms with Gasteiger partial charge < -0.3 is 9.47 Å². The summed E-state index contributed by atoms with van der Waals surface area (Å²) >= 11 is 0. The predicted molar refractivity (Wildman–Crippen MR) is 272 cm³/mol. The van der Waals surface area contributed by atoms with Gasteiger partial charge in [-0.05, 0) is 92.0 Å². The highest BCUT2D eigenvalue weighted by Gasteiger charge is 2.24. The van der Waals surface area contributed by atoms with Gasteiger partial charge in [-0.1, -0.05) is 212 Å². The minimum atomic E-state index is 1.08. The lowest BCUT2D eigenvalue weighted by Crippen LogP contribution is -2.12. The number of aromatic nitrogens is 1. The first-order valence-electron chi connectivity index (χ1n) is 22.0. The van der Waals surface area contributed by atoms with Gasteiger partial charge in [0.2, 0.25) is 0 Å². The maximum Gasteiger partial charge on any atom is 0.0619 e. The Kier molecular flexibility index (Phi) is 9.20. The van der Waals surface area contributed by atoms with Crippen molar-refractivity contribution in [2.75, 3.05) is 4.90 Å². The molecule has 2 nitrogen and oxygen atoms in total. The van der Waals surface area contributed by atoms with Gasteiger partial charge in [0.05, 0.1) is 22.4 Å². The van der Waals surface area contributed by atoms with E-state index in [1.165, 1.54) is 76.7 Å². The molecule has 0 spiro atoms. The van der Waals surface area contributed by atoms with Gasteiger partial charge in [-0.25, -0.2) is 0 Å². The highest BCUT2D eigenvalue weighted by molar-refractivity contribution is 6.16. The first kappa shape index (κ1) is 37.3. The van der Waals surface area contributed by atoms with Crippen LogP contribution in [0.4, 0.5) is 17.1 Å². The van der Waals surface area contributed by atoms with E-state index >= 15 is 0 Å². The molecular formula is C62H42N2. The summed E-state index contributed by atoms with van der Waals surface area (Å²) in [6, 6.07) is 92.8. The number of hydrogen-bond donors (Lipinski definition) is 0. The van der Waals surface area contributed by atoms with Crippen molar-refractivity contribution in [2.45, 2.75) is 0 Å². The van der Waals surface area contributed by atoms with Crippen molar-refractivity contribution >= 4 is 60.4 Å². The lowest BCUT2D eigenvalue weighted by molar-refractivity contribution is 1.18. The second-order valence-electron chi connectivity index (χ2n) is 16.4. The van der Waals surface area contributed by atoms with Crippen LogP contribution in [-0.4, -0.2) is 4.57 Å². The summed E-state index contributed by atoms with van der Waals surface area (Å²) in [7, 11) is 0. The molecule has 0 aliphatic rings. The topological polar surface area (TPSA) is 8.17 Å². The van der Waals surface area contributed by atoms with Crippen LogP contribution in [0, 0.1) is 0 Å². The molecule has 0 N–H and O–H groups in total. The smallest absolute Gasteiger partial charge is 0.0619 e. The second-order valence-corrected chi connectivity index (χ2v) is 16.4. The van der Waals surface area contributed by atoms with Crippen molar-refractivity contribution < 1.29 is 0 Å². The molecule has 1 aromatic heterocycles. The van der Waals surface area contributed by atoms with Crippen LogP contribution in [0.2, 0.25) is 0 Å². The van der Waals surface area contributed by atoms with Crippen molar-refractivity contribution in [3.05, 3.63) is 255 Å². The highest BCUT2D eigenvalue weighted by atomic mass is 15.1. The summed E-state index contributed by atoms with van der Waals surface area (Å²) in [5.41, 5.74) is 16.3. The predicted octanol–water partition coefficient (Wildman–Crippen LogP) is 17.2. The first-order chi connectivity index (χ1) is 31.8. The lowest BCUT2D eigenvalue weighted by Gasteiger charge is -2.30. The van der Waals surface area contributed by atoms with E-state index < -0.39 is 0 Å². The van der Waals surface area contributed by atoms with Gasteiger partial charge in [0.15, 0.2) is 0 Å². The minimum Gasteiger partial charge on any atom is -0.309 e. The molecule has 64 heavy (non-hydrogen) atoms. The lowest BCUT2D eigenvalue weighted by atomic mass is 9.88. The number of fused-ring (bicyclic) bond motifs is 6. The van der Waals surface area contributed by atoms with Crippen LogP contribution < -0.4 is 4.90 Å². The Morgan fingerprint density at radius 1 is 0.281 bits per heavy atom. The van der Waals surface area contributed by atoms with E-state index in [9.17, 15) is 0 Å². The van der Waals surface area contributed by atoms with Gasteiger partial charge in [-0.2, -0.15) is 0 Å². The monoisotopic (exact) mass is 814 g/mol. The Bertz CT molecular complexity index is 3680. The second kappa shape index (κ2) is 15.8. The minimum absolute atomic E-state index is 1.08. The van der Waals surface area contributed by atoms with E-state index in [0.717, 1.165) is 33.9 Å². The molecule has 2 heteroatoms. The number of nitrogens with zero attached hydrogens (tertiary/aromatic N) is 2. The van der Waals surface area contributed by atoms with E-state index in [1.54, 1.807) is 0 Å². The number of rotatable bonds is 8. The largest absolute Gasteiger partial charge is 0.309 e. The van der Waals surface area contributed by atoms with Gasteiger partial charge in [0.1, 0.15) is 0 Å². The Hall–Kier alpha value is -8.46. The molecule has 0 fully saturated rings. The maximum atomic E-state index is 2.50. The van der Waals surface area contributed by atoms with Crippen LogP contribution in [0.1, 0.15) is 0 Å². The van der Waals surface area contributed by atoms with Crippen LogP contribution in [-0.2, 0) is 0 Å². The molecule has 11 aromatic carbocycles. The van der Waals surface area contributed by atoms with Gasteiger partial charge in [0.25, 0.3) is 0 Å². The summed E-state index contributed by atoms with van der Waals surface area (Å²) in [5, 5.41) is 7.33. The normalized spacial score (nSPS) is 11.4. The van der Waals surface area contributed by atoms with Gasteiger partial charge >= 0.3 is 0 Å². The summed E-state index contributed by atoms with van der Waals surface area (Å²) in [6.45, 7) is 0. The molecule has 300 valence electrons. The van der Waals surface area contributed by atoms with Gasteiger partial charge in [0, 0.05) is 38.7 Å². The van der Waals surface area contributed by atoms with Crippen molar-refractivity contribution in [1.82, 2.24) is 4.57 Å². The van der Waals surface area contributed by atoms with E-state index in [2.05, 4.69) is 264 Å². The zero-order valence-electron chi connectivity index (χ0n) is 35.1. The fourth-order valence-electron chi connectivity index (χ4n) is 9.97. The Morgan fingerprint density at radius 2 is 0.797 bits per heavy atom. The molecule has 0 unspecified atom stereocenters. The summed E-state index contributed by atoms with van der Waals surface area (Å²) in [4.78, 5) is 2.50. The number of benzene rings is 11. The molecule has 0 radical (unpaired) electrons. The van der Waals surface area contributed by atoms with E-state index in [4.69, 9.17) is 0 Å². The van der Waals surface area contributed by atoms with Gasteiger partial charge in [-0.15, -0.1) is 0 Å². The SMILES string of the molecule is c1ccc(-c2ccccc2-c2ccccc2-c2ccccc2N(c2cccc(-c3cccc4c5ccccc5n(-c5ccccc5)c34)c2)c2cc3ccccc3c3ccccc23)cc1. The van der Waals surface area contributed by atoms with E-state index in [0.29, 0.717) is 0 Å². The van der Waals surface area contributed by atoms with Crippen LogP contribution in [0.5, 0.6) is 0 Å². The Labute approximate surface area is 373 Å². The molecule has 0 saturated heterocycles. The fraction of sp³-hybridized carbons (Fsp3) is 0. The molecule has 0 aliphatic heterocycles. The average Bonchev–Trinajstić information content (AvgIpc) is 3.72. The van der Waals surface area contributed by atoms with Crippen molar-refractivity contribution in [3.63, 3.8) is 0 Å². The third-order valence-corrected chi connectivity index (χ3v) is 12.8. The molecule has 0 atom stereocenters. The fourth-order valence-corrected chi connectivity index (χ4v) is 9.97. The standard InChI is InChI=1S/C62H42N2/c1-3-21-43(22-4-1)48-28-9-10-30-51(48)53-32-11-12-33-54(53)55-34-15-17-39-59(55)63(61-42-45-23-7-8-29-49(45)52-31-13-14-35-56(52)61)47-27-19-24-44(41-47)50-37-20-38-58-57-36-16-18-40-60(57)64(62(50)58)46-25-5-2-6-26-46/h1-42H. The third kappa shape index (κ3) is 6.27. The van der Waals surface area contributed by atoms with Gasteiger partial charge in [-0.3, -0.25) is 0 Å². The first-order valence-corrected chi connectivity index (χ1v) is 22.0. The maximum absolute atomic E-state index is 2.50. The van der Waals surface area contributed by atoms with Crippen LogP contribution in [0.25, 0.3) is 93.5 Å².